The van der Waals surface area contributed by atoms with Crippen LogP contribution in [0.25, 0.3) is 22.5 Å². The number of piperidine rings is 1. The van der Waals surface area contributed by atoms with Crippen molar-refractivity contribution in [2.24, 2.45) is 5.92 Å². The maximum atomic E-state index is 13.2. The number of aromatic nitrogens is 2. The average molecular weight is 759 g/mol. The Morgan fingerprint density at radius 2 is 1.09 bits per heavy atom. The molecule has 0 atom stereocenters. The molecule has 1 fully saturated rings. The molecule has 292 valence electrons. The highest BCUT2D eigenvalue weighted by Crippen LogP contribution is 2.42. The van der Waals surface area contributed by atoms with Gasteiger partial charge in [0, 0.05) is 54.7 Å². The third-order valence-electron chi connectivity index (χ3n) is 8.77. The van der Waals surface area contributed by atoms with Gasteiger partial charge in [-0.3, -0.25) is 19.7 Å². The van der Waals surface area contributed by atoms with Crippen LogP contribution in [0, 0.1) is 5.92 Å². The molecule has 1 aliphatic rings. The molecule has 3 heterocycles. The molecule has 15 nitrogen and oxygen atoms in total. The summed E-state index contributed by atoms with van der Waals surface area (Å²) in [6, 6.07) is 15.5. The van der Waals surface area contributed by atoms with Crippen LogP contribution < -0.4 is 33.7 Å². The van der Waals surface area contributed by atoms with Crippen molar-refractivity contribution in [1.82, 2.24) is 20.2 Å². The Labute approximate surface area is 319 Å². The van der Waals surface area contributed by atoms with E-state index in [1.807, 2.05) is 48.7 Å². The predicted octanol–water partition coefficient (Wildman–Crippen LogP) is 5.10. The topological polar surface area (TPSA) is 188 Å². The number of aliphatic carboxylic acids is 2. The predicted molar refractivity (Wildman–Crippen MR) is 203 cm³/mol. The molecule has 1 saturated heterocycles. The summed E-state index contributed by atoms with van der Waals surface area (Å²) < 4.78 is 32.9. The Morgan fingerprint density at radius 1 is 0.673 bits per heavy atom. The van der Waals surface area contributed by atoms with E-state index >= 15 is 0 Å². The third kappa shape index (κ3) is 11.3. The number of likely N-dealkylation sites (tertiary alicyclic amines) is 1. The molecule has 3 N–H and O–H groups in total. The number of carboxylic acids is 2. The molecule has 0 unspecified atom stereocenters. The molecule has 0 saturated carbocycles. The fraction of sp³-hybridized carbons (Fsp3) is 0.325. The van der Waals surface area contributed by atoms with Crippen molar-refractivity contribution >= 4 is 17.8 Å². The fourth-order valence-electron chi connectivity index (χ4n) is 6.02. The van der Waals surface area contributed by atoms with E-state index in [2.05, 4.69) is 26.3 Å². The van der Waals surface area contributed by atoms with E-state index < -0.39 is 11.9 Å². The fourth-order valence-corrected chi connectivity index (χ4v) is 6.02. The van der Waals surface area contributed by atoms with Crippen LogP contribution >= 0.6 is 0 Å². The lowest BCUT2D eigenvalue weighted by atomic mass is 9.95. The van der Waals surface area contributed by atoms with Crippen LogP contribution in [0.2, 0.25) is 0 Å². The van der Waals surface area contributed by atoms with Crippen LogP contribution in [0.1, 0.15) is 24.0 Å². The summed E-state index contributed by atoms with van der Waals surface area (Å²) in [5.41, 5.74) is 5.36. The maximum Gasteiger partial charge on any atom is 0.328 e. The minimum atomic E-state index is -1.26. The Bertz CT molecular complexity index is 1910. The van der Waals surface area contributed by atoms with Gasteiger partial charge in [0.15, 0.2) is 23.0 Å². The number of nitrogens with zero attached hydrogens (tertiary/aromatic N) is 3. The van der Waals surface area contributed by atoms with Crippen molar-refractivity contribution in [1.29, 1.82) is 0 Å². The van der Waals surface area contributed by atoms with Crippen molar-refractivity contribution in [2.75, 3.05) is 55.7 Å². The molecule has 5 rings (SSSR count). The molecule has 2 aromatic carbocycles. The smallest absolute Gasteiger partial charge is 0.328 e. The number of benzene rings is 2. The summed E-state index contributed by atoms with van der Waals surface area (Å²) in [5, 5.41) is 18.8. The lowest BCUT2D eigenvalue weighted by Crippen LogP contribution is -2.40. The maximum absolute atomic E-state index is 13.2. The molecule has 55 heavy (non-hydrogen) atoms. The summed E-state index contributed by atoms with van der Waals surface area (Å²) in [7, 11) is 9.52. The number of carbonyl (C=O) groups is 3. The van der Waals surface area contributed by atoms with Crippen molar-refractivity contribution in [3.63, 3.8) is 0 Å². The molecule has 0 spiro atoms. The van der Waals surface area contributed by atoms with Crippen LogP contribution in [0.4, 0.5) is 0 Å². The summed E-state index contributed by atoms with van der Waals surface area (Å²) in [5.74, 6) is 0.861. The van der Waals surface area contributed by atoms with Crippen LogP contribution in [-0.2, 0) is 27.5 Å². The number of hydrogen-bond acceptors (Lipinski definition) is 12. The first-order valence-electron chi connectivity index (χ1n) is 17.2. The van der Waals surface area contributed by atoms with Gasteiger partial charge in [0.1, 0.15) is 0 Å². The minimum Gasteiger partial charge on any atom is -0.493 e. The van der Waals surface area contributed by atoms with Crippen LogP contribution in [-0.4, -0.2) is 98.7 Å². The summed E-state index contributed by atoms with van der Waals surface area (Å²) in [4.78, 5) is 43.8. The monoisotopic (exact) mass is 758 g/mol. The lowest BCUT2D eigenvalue weighted by Gasteiger charge is -2.31. The number of methoxy groups -OCH3 is 6. The van der Waals surface area contributed by atoms with E-state index in [-0.39, 0.29) is 11.8 Å². The standard InChI is InChI=1S/C36H42N4O7.C4H4O4/c1-42-30-17-26(18-31(43-2)34(30)46-5)28-15-23(7-11-37-28)21-39-36(41)25-9-13-40(14-10-25)22-24-8-12-38-29(16-24)27-19-32(44-3)35(47-6)33(20-27)45-4;5-3(6)1-2-4(7)8/h7-8,11-12,15-20,25H,9-10,13-14,21-22H2,1-6H3,(H,39,41);1-2H,(H,5,6)(H,7,8)/b;2-1-. The Morgan fingerprint density at radius 3 is 1.49 bits per heavy atom. The van der Waals surface area contributed by atoms with Gasteiger partial charge in [-0.15, -0.1) is 0 Å². The van der Waals surface area contributed by atoms with Crippen molar-refractivity contribution in [2.45, 2.75) is 25.9 Å². The van der Waals surface area contributed by atoms with E-state index in [4.69, 9.17) is 38.6 Å². The molecule has 1 amide bonds. The number of ether oxygens (including phenoxy) is 6. The van der Waals surface area contributed by atoms with E-state index in [9.17, 15) is 14.4 Å². The van der Waals surface area contributed by atoms with E-state index in [0.29, 0.717) is 53.2 Å². The number of rotatable bonds is 15. The lowest BCUT2D eigenvalue weighted by molar-refractivity contribution is -0.134. The number of carbonyl (C=O) groups excluding carboxylic acids is 1. The zero-order chi connectivity index (χ0) is 39.9. The zero-order valence-corrected chi connectivity index (χ0v) is 31.7. The molecule has 15 heteroatoms. The second kappa shape index (κ2) is 20.2. The molecule has 0 aliphatic carbocycles. The highest BCUT2D eigenvalue weighted by atomic mass is 16.5. The van der Waals surface area contributed by atoms with Gasteiger partial charge in [-0.1, -0.05) is 0 Å². The van der Waals surface area contributed by atoms with E-state index in [1.165, 1.54) is 0 Å². The van der Waals surface area contributed by atoms with Gasteiger partial charge < -0.3 is 44.0 Å². The number of pyridine rings is 2. The summed E-state index contributed by atoms with van der Waals surface area (Å²) in [6.45, 7) is 2.86. The average Bonchev–Trinajstić information content (AvgIpc) is 3.21. The van der Waals surface area contributed by atoms with E-state index in [1.54, 1.807) is 48.9 Å². The first-order valence-corrected chi connectivity index (χ1v) is 17.2. The minimum absolute atomic E-state index is 0.0325. The number of hydrogen-bond donors (Lipinski definition) is 3. The van der Waals surface area contributed by atoms with Crippen LogP contribution in [0.5, 0.6) is 34.5 Å². The van der Waals surface area contributed by atoms with Gasteiger partial charge in [-0.25, -0.2) is 9.59 Å². The molecule has 2 aromatic heterocycles. The zero-order valence-electron chi connectivity index (χ0n) is 31.7. The van der Waals surface area contributed by atoms with Crippen LogP contribution in [0.3, 0.4) is 0 Å². The van der Waals surface area contributed by atoms with Crippen molar-refractivity contribution in [3.05, 3.63) is 84.2 Å². The number of carboxylic acid groups (broad SMARTS) is 2. The highest BCUT2D eigenvalue weighted by molar-refractivity contribution is 5.89. The SMILES string of the molecule is COc1cc(-c2cc(CNC(=O)C3CCN(Cc4ccnc(-c5cc(OC)c(OC)c(OC)c5)c4)CC3)ccn2)cc(OC)c1OC.O=C(O)/C=C\C(=O)O. The third-order valence-corrected chi connectivity index (χ3v) is 8.77. The summed E-state index contributed by atoms with van der Waals surface area (Å²) >= 11 is 0. The Balaban J connectivity index is 0.000000757. The second-order valence-corrected chi connectivity index (χ2v) is 12.2. The quantitative estimate of drug-likeness (QED) is 0.136. The van der Waals surface area contributed by atoms with Gasteiger partial charge in [0.2, 0.25) is 17.4 Å². The molecule has 4 aromatic rings. The second-order valence-electron chi connectivity index (χ2n) is 12.2. The van der Waals surface area contributed by atoms with Crippen molar-refractivity contribution < 1.29 is 53.0 Å². The van der Waals surface area contributed by atoms with Gasteiger partial charge >= 0.3 is 11.9 Å². The molecule has 0 radical (unpaired) electrons. The van der Waals surface area contributed by atoms with Gasteiger partial charge in [-0.05, 0) is 85.6 Å². The molecular formula is C40H46N4O11. The van der Waals surface area contributed by atoms with Gasteiger partial charge in [0.05, 0.1) is 54.0 Å². The summed E-state index contributed by atoms with van der Waals surface area (Å²) in [6.07, 6.45) is 6.27. The molecule has 0 bridgehead atoms. The van der Waals surface area contributed by atoms with Gasteiger partial charge in [-0.2, -0.15) is 0 Å². The highest BCUT2D eigenvalue weighted by Gasteiger charge is 2.25. The first-order chi connectivity index (χ1) is 26.5. The van der Waals surface area contributed by atoms with Crippen molar-refractivity contribution in [3.8, 4) is 57.0 Å². The Kier molecular flexibility index (Phi) is 15.2. The normalized spacial score (nSPS) is 12.9. The first kappa shape index (κ1) is 41.4. The van der Waals surface area contributed by atoms with Crippen LogP contribution in [0.15, 0.2) is 73.1 Å². The molecular weight excluding hydrogens is 712 g/mol. The largest absolute Gasteiger partial charge is 0.493 e. The van der Waals surface area contributed by atoms with Gasteiger partial charge in [0.25, 0.3) is 0 Å². The van der Waals surface area contributed by atoms with E-state index in [0.717, 1.165) is 66.1 Å². The number of nitrogens with one attached hydrogen (secondary N) is 1. The molecule has 1 aliphatic heterocycles. The Hall–Kier alpha value is -6.35. The number of amides is 1.